The second-order valence-electron chi connectivity index (χ2n) is 7.33. The number of fused-ring (bicyclic) bond motifs is 1. The zero-order valence-electron chi connectivity index (χ0n) is 17.1. The van der Waals surface area contributed by atoms with E-state index < -0.39 is 0 Å². The number of rotatable bonds is 5. The summed E-state index contributed by atoms with van der Waals surface area (Å²) in [7, 11) is 1.74. The van der Waals surface area contributed by atoms with Gasteiger partial charge in [-0.05, 0) is 25.1 Å². The molecular formula is C25H23N3O2. The van der Waals surface area contributed by atoms with Crippen LogP contribution in [0.3, 0.4) is 0 Å². The van der Waals surface area contributed by atoms with Gasteiger partial charge in [-0.2, -0.15) is 5.10 Å². The van der Waals surface area contributed by atoms with Crippen LogP contribution in [0.4, 0.5) is 5.69 Å². The van der Waals surface area contributed by atoms with Gasteiger partial charge in [-0.15, -0.1) is 0 Å². The predicted octanol–water partition coefficient (Wildman–Crippen LogP) is 4.43. The molecule has 0 aliphatic heterocycles. The zero-order chi connectivity index (χ0) is 21.1. The first-order chi connectivity index (χ1) is 14.5. The SMILES string of the molecule is Cc1ccc(-c2nn(CCC(=O)N(C)c3ccccc3)c(=O)c3ccccc23)cc1. The minimum atomic E-state index is -0.184. The molecule has 5 heteroatoms. The smallest absolute Gasteiger partial charge is 0.274 e. The number of carbonyl (C=O) groups excluding carboxylic acids is 1. The largest absolute Gasteiger partial charge is 0.315 e. The van der Waals surface area contributed by atoms with Crippen molar-refractivity contribution in [1.29, 1.82) is 0 Å². The average molecular weight is 397 g/mol. The molecule has 0 bridgehead atoms. The Morgan fingerprint density at radius 3 is 2.23 bits per heavy atom. The van der Waals surface area contributed by atoms with Crippen molar-refractivity contribution in [2.45, 2.75) is 19.9 Å². The van der Waals surface area contributed by atoms with Crippen molar-refractivity contribution in [3.8, 4) is 11.3 Å². The van der Waals surface area contributed by atoms with Gasteiger partial charge in [-0.3, -0.25) is 9.59 Å². The summed E-state index contributed by atoms with van der Waals surface area (Å²) in [6, 6.07) is 25.0. The molecule has 1 amide bonds. The van der Waals surface area contributed by atoms with Crippen LogP contribution >= 0.6 is 0 Å². The summed E-state index contributed by atoms with van der Waals surface area (Å²) in [5.41, 5.74) is 3.48. The first kappa shape index (κ1) is 19.6. The number of aromatic nitrogens is 2. The van der Waals surface area contributed by atoms with Crippen LogP contribution in [0.15, 0.2) is 83.7 Å². The number of amides is 1. The van der Waals surface area contributed by atoms with Crippen LogP contribution < -0.4 is 10.5 Å². The summed E-state index contributed by atoms with van der Waals surface area (Å²) < 4.78 is 1.41. The number of benzene rings is 3. The first-order valence-electron chi connectivity index (χ1n) is 9.93. The van der Waals surface area contributed by atoms with Gasteiger partial charge in [0.25, 0.3) is 5.56 Å². The molecule has 0 aliphatic rings. The Balaban J connectivity index is 1.67. The van der Waals surface area contributed by atoms with Crippen LogP contribution in [-0.2, 0) is 11.3 Å². The molecule has 4 aromatic rings. The Hall–Kier alpha value is -3.73. The predicted molar refractivity (Wildman–Crippen MR) is 121 cm³/mol. The van der Waals surface area contributed by atoms with E-state index in [1.165, 1.54) is 4.68 Å². The normalized spacial score (nSPS) is 10.9. The van der Waals surface area contributed by atoms with Gasteiger partial charge in [0.05, 0.1) is 17.6 Å². The molecule has 150 valence electrons. The van der Waals surface area contributed by atoms with E-state index >= 15 is 0 Å². The Labute approximate surface area is 175 Å². The lowest BCUT2D eigenvalue weighted by molar-refractivity contribution is -0.118. The number of aryl methyl sites for hydroxylation is 2. The van der Waals surface area contributed by atoms with Crippen molar-refractivity contribution in [1.82, 2.24) is 9.78 Å². The molecule has 0 saturated carbocycles. The van der Waals surface area contributed by atoms with E-state index in [4.69, 9.17) is 0 Å². The molecular weight excluding hydrogens is 374 g/mol. The highest BCUT2D eigenvalue weighted by atomic mass is 16.2. The minimum absolute atomic E-state index is 0.0695. The number of para-hydroxylation sites is 1. The highest BCUT2D eigenvalue weighted by molar-refractivity contribution is 5.94. The number of anilines is 1. The summed E-state index contributed by atoms with van der Waals surface area (Å²) in [4.78, 5) is 27.3. The fraction of sp³-hybridized carbons (Fsp3) is 0.160. The van der Waals surface area contributed by atoms with Gasteiger partial charge < -0.3 is 4.90 Å². The van der Waals surface area contributed by atoms with Crippen LogP contribution in [0.1, 0.15) is 12.0 Å². The van der Waals surface area contributed by atoms with Gasteiger partial charge in [0, 0.05) is 30.1 Å². The van der Waals surface area contributed by atoms with E-state index in [2.05, 4.69) is 5.10 Å². The van der Waals surface area contributed by atoms with Gasteiger partial charge in [-0.1, -0.05) is 66.2 Å². The molecule has 0 N–H and O–H groups in total. The van der Waals surface area contributed by atoms with Crippen LogP contribution in [-0.4, -0.2) is 22.7 Å². The zero-order valence-corrected chi connectivity index (χ0v) is 17.1. The second-order valence-corrected chi connectivity index (χ2v) is 7.33. The topological polar surface area (TPSA) is 55.2 Å². The molecule has 1 heterocycles. The minimum Gasteiger partial charge on any atom is -0.315 e. The Kier molecular flexibility index (Phi) is 5.44. The molecule has 30 heavy (non-hydrogen) atoms. The molecule has 0 aliphatic carbocycles. The van der Waals surface area contributed by atoms with Crippen LogP contribution in [0.5, 0.6) is 0 Å². The van der Waals surface area contributed by atoms with E-state index in [0.717, 1.165) is 27.9 Å². The monoisotopic (exact) mass is 397 g/mol. The molecule has 0 saturated heterocycles. The molecule has 0 atom stereocenters. The van der Waals surface area contributed by atoms with Gasteiger partial charge >= 0.3 is 0 Å². The summed E-state index contributed by atoms with van der Waals surface area (Å²) in [5.74, 6) is -0.0695. The maximum atomic E-state index is 13.0. The summed E-state index contributed by atoms with van der Waals surface area (Å²) in [6.45, 7) is 2.25. The third-order valence-electron chi connectivity index (χ3n) is 5.25. The number of carbonyl (C=O) groups is 1. The van der Waals surface area contributed by atoms with Gasteiger partial charge in [-0.25, -0.2) is 4.68 Å². The first-order valence-corrected chi connectivity index (χ1v) is 9.93. The lowest BCUT2D eigenvalue weighted by atomic mass is 10.0. The van der Waals surface area contributed by atoms with Gasteiger partial charge in [0.15, 0.2) is 0 Å². The lowest BCUT2D eigenvalue weighted by Crippen LogP contribution is -2.30. The van der Waals surface area contributed by atoms with Crippen LogP contribution in [0.2, 0.25) is 0 Å². The summed E-state index contributed by atoms with van der Waals surface area (Å²) in [6.07, 6.45) is 0.185. The highest BCUT2D eigenvalue weighted by Gasteiger charge is 2.15. The van der Waals surface area contributed by atoms with E-state index in [1.54, 1.807) is 11.9 Å². The van der Waals surface area contributed by atoms with E-state index in [-0.39, 0.29) is 24.4 Å². The Bertz CT molecular complexity index is 1250. The molecule has 0 spiro atoms. The fourth-order valence-electron chi connectivity index (χ4n) is 3.48. The number of hydrogen-bond acceptors (Lipinski definition) is 3. The maximum Gasteiger partial charge on any atom is 0.274 e. The maximum absolute atomic E-state index is 13.0. The van der Waals surface area contributed by atoms with Crippen molar-refractivity contribution in [2.24, 2.45) is 0 Å². The molecule has 5 nitrogen and oxygen atoms in total. The Morgan fingerprint density at radius 2 is 1.53 bits per heavy atom. The van der Waals surface area contributed by atoms with E-state index in [9.17, 15) is 9.59 Å². The standard InChI is InChI=1S/C25H23N3O2/c1-18-12-14-19(15-13-18)24-21-10-6-7-11-22(21)25(30)28(26-24)17-16-23(29)27(2)20-8-4-3-5-9-20/h3-15H,16-17H2,1-2H3. The molecule has 3 aromatic carbocycles. The quantitative estimate of drug-likeness (QED) is 0.501. The third-order valence-corrected chi connectivity index (χ3v) is 5.25. The van der Waals surface area contributed by atoms with Crippen LogP contribution in [0, 0.1) is 6.92 Å². The van der Waals surface area contributed by atoms with Crippen molar-refractivity contribution >= 4 is 22.4 Å². The number of hydrogen-bond donors (Lipinski definition) is 0. The summed E-state index contributed by atoms with van der Waals surface area (Å²) in [5, 5.41) is 6.06. The van der Waals surface area contributed by atoms with Crippen LogP contribution in [0.25, 0.3) is 22.0 Å². The third kappa shape index (κ3) is 3.87. The van der Waals surface area contributed by atoms with Gasteiger partial charge in [0.1, 0.15) is 0 Å². The van der Waals surface area contributed by atoms with E-state index in [1.807, 2.05) is 85.8 Å². The van der Waals surface area contributed by atoms with Gasteiger partial charge in [0.2, 0.25) is 5.91 Å². The number of nitrogens with zero attached hydrogens (tertiary/aromatic N) is 3. The molecule has 0 fully saturated rings. The highest BCUT2D eigenvalue weighted by Crippen LogP contribution is 2.25. The average Bonchev–Trinajstić information content (AvgIpc) is 2.79. The molecule has 1 aromatic heterocycles. The fourth-order valence-corrected chi connectivity index (χ4v) is 3.48. The van der Waals surface area contributed by atoms with E-state index in [0.29, 0.717) is 5.39 Å². The lowest BCUT2D eigenvalue weighted by Gasteiger charge is -2.17. The summed E-state index contributed by atoms with van der Waals surface area (Å²) >= 11 is 0. The second kappa shape index (κ2) is 8.33. The molecule has 0 unspecified atom stereocenters. The molecule has 0 radical (unpaired) electrons. The van der Waals surface area contributed by atoms with Crippen molar-refractivity contribution in [3.05, 3.63) is 94.8 Å². The molecule has 4 rings (SSSR count). The Morgan fingerprint density at radius 1 is 0.900 bits per heavy atom. The van der Waals surface area contributed by atoms with Crippen molar-refractivity contribution in [3.63, 3.8) is 0 Å². The van der Waals surface area contributed by atoms with Crippen molar-refractivity contribution in [2.75, 3.05) is 11.9 Å². The van der Waals surface area contributed by atoms with Crippen molar-refractivity contribution < 1.29 is 4.79 Å².